The Morgan fingerprint density at radius 2 is 1.73 bits per heavy atom. The summed E-state index contributed by atoms with van der Waals surface area (Å²) >= 11 is 0. The SMILES string of the molecule is Cc1ccc(N2CC(C)(C)c3nc(C(=O)N4CCN(c5ccc(C(C)(C)C(=O)O)cn5)CC4(C)C)ccc32)cc1F. The highest BCUT2D eigenvalue weighted by molar-refractivity contribution is 5.94. The summed E-state index contributed by atoms with van der Waals surface area (Å²) in [4.78, 5) is 41.0. The molecule has 2 aliphatic heterocycles. The van der Waals surface area contributed by atoms with Crippen molar-refractivity contribution in [3.63, 3.8) is 0 Å². The Morgan fingerprint density at radius 3 is 2.34 bits per heavy atom. The van der Waals surface area contributed by atoms with Crippen molar-refractivity contribution in [1.82, 2.24) is 14.9 Å². The van der Waals surface area contributed by atoms with Gasteiger partial charge in [0.25, 0.3) is 5.91 Å². The van der Waals surface area contributed by atoms with Crippen LogP contribution in [-0.2, 0) is 15.6 Å². The van der Waals surface area contributed by atoms with Gasteiger partial charge in [-0.1, -0.05) is 26.0 Å². The molecule has 0 radical (unpaired) electrons. The van der Waals surface area contributed by atoms with Crippen LogP contribution in [0.2, 0.25) is 0 Å². The van der Waals surface area contributed by atoms with Gasteiger partial charge in [-0.15, -0.1) is 0 Å². The van der Waals surface area contributed by atoms with E-state index in [2.05, 4.69) is 28.6 Å². The summed E-state index contributed by atoms with van der Waals surface area (Å²) in [5.41, 5.74) is 2.27. The van der Waals surface area contributed by atoms with Crippen LogP contribution in [0.25, 0.3) is 0 Å². The van der Waals surface area contributed by atoms with Crippen LogP contribution in [0, 0.1) is 12.7 Å². The molecule has 0 bridgehead atoms. The van der Waals surface area contributed by atoms with Gasteiger partial charge in [0.2, 0.25) is 0 Å². The lowest BCUT2D eigenvalue weighted by atomic mass is 9.86. The van der Waals surface area contributed by atoms with Crippen molar-refractivity contribution in [1.29, 1.82) is 0 Å². The first-order valence-corrected chi connectivity index (χ1v) is 13.9. The molecule has 216 valence electrons. The first-order valence-electron chi connectivity index (χ1n) is 13.9. The number of carboxylic acids is 1. The van der Waals surface area contributed by atoms with Crippen molar-refractivity contribution in [2.24, 2.45) is 0 Å². The number of aryl methyl sites for hydroxylation is 1. The predicted molar refractivity (Wildman–Crippen MR) is 158 cm³/mol. The molecule has 0 aliphatic carbocycles. The van der Waals surface area contributed by atoms with Crippen LogP contribution < -0.4 is 9.80 Å². The molecule has 8 nitrogen and oxygen atoms in total. The summed E-state index contributed by atoms with van der Waals surface area (Å²) in [6, 6.07) is 12.6. The molecule has 0 saturated carbocycles. The normalized spacial score (nSPS) is 17.9. The summed E-state index contributed by atoms with van der Waals surface area (Å²) in [5, 5.41) is 9.52. The third kappa shape index (κ3) is 5.02. The van der Waals surface area contributed by atoms with Crippen LogP contribution in [0.3, 0.4) is 0 Å². The Hall–Kier alpha value is -4.01. The number of amides is 1. The van der Waals surface area contributed by atoms with E-state index in [1.807, 2.05) is 43.0 Å². The predicted octanol–water partition coefficient (Wildman–Crippen LogP) is 5.46. The zero-order valence-electron chi connectivity index (χ0n) is 24.8. The molecule has 1 aromatic carbocycles. The number of hydrogen-bond acceptors (Lipinski definition) is 6. The lowest BCUT2D eigenvalue weighted by Crippen LogP contribution is -2.61. The summed E-state index contributed by atoms with van der Waals surface area (Å²) < 4.78 is 14.4. The number of anilines is 3. The van der Waals surface area contributed by atoms with Crippen molar-refractivity contribution in [2.75, 3.05) is 36.0 Å². The van der Waals surface area contributed by atoms with Gasteiger partial charge in [0.1, 0.15) is 17.3 Å². The van der Waals surface area contributed by atoms with Gasteiger partial charge in [0, 0.05) is 43.5 Å². The Kier molecular flexibility index (Phi) is 6.83. The maximum Gasteiger partial charge on any atom is 0.313 e. The van der Waals surface area contributed by atoms with E-state index in [9.17, 15) is 19.1 Å². The van der Waals surface area contributed by atoms with E-state index < -0.39 is 16.9 Å². The quantitative estimate of drug-likeness (QED) is 0.444. The van der Waals surface area contributed by atoms with E-state index in [0.29, 0.717) is 43.0 Å². The van der Waals surface area contributed by atoms with Gasteiger partial charge in [0.15, 0.2) is 0 Å². The molecule has 0 spiro atoms. The largest absolute Gasteiger partial charge is 0.481 e. The lowest BCUT2D eigenvalue weighted by Gasteiger charge is -2.47. The zero-order valence-corrected chi connectivity index (χ0v) is 24.8. The van der Waals surface area contributed by atoms with Gasteiger partial charge >= 0.3 is 5.97 Å². The summed E-state index contributed by atoms with van der Waals surface area (Å²) in [5.74, 6) is -0.523. The fourth-order valence-corrected chi connectivity index (χ4v) is 5.75. The lowest BCUT2D eigenvalue weighted by molar-refractivity contribution is -0.142. The summed E-state index contributed by atoms with van der Waals surface area (Å²) in [6.45, 7) is 15.6. The van der Waals surface area contributed by atoms with Gasteiger partial charge in [0.05, 0.1) is 22.3 Å². The summed E-state index contributed by atoms with van der Waals surface area (Å²) in [7, 11) is 0. The molecule has 2 aliphatic rings. The average Bonchev–Trinajstić information content (AvgIpc) is 3.19. The highest BCUT2D eigenvalue weighted by atomic mass is 19.1. The number of halogens is 1. The van der Waals surface area contributed by atoms with Gasteiger partial charge in [-0.05, 0) is 76.1 Å². The fourth-order valence-electron chi connectivity index (χ4n) is 5.75. The fraction of sp³-hybridized carbons (Fsp3) is 0.438. The van der Waals surface area contributed by atoms with Crippen LogP contribution in [0.15, 0.2) is 48.7 Å². The third-order valence-electron chi connectivity index (χ3n) is 8.52. The average molecular weight is 560 g/mol. The van der Waals surface area contributed by atoms with Gasteiger partial charge < -0.3 is 19.8 Å². The number of aromatic nitrogens is 2. The standard InChI is InChI=1S/C32H38FN5O3/c1-20-8-10-22(16-23(20)33)37-18-30(2,3)27-25(37)12-11-24(35-27)28(39)38-15-14-36(19-31(38,4)5)26-13-9-21(17-34-26)32(6,7)29(40)41/h8-13,16-17H,14-15,18-19H2,1-7H3,(H,40,41). The molecule has 41 heavy (non-hydrogen) atoms. The minimum atomic E-state index is -1.03. The Balaban J connectivity index is 1.35. The molecule has 1 amide bonds. The van der Waals surface area contributed by atoms with Crippen molar-refractivity contribution >= 4 is 29.1 Å². The number of aliphatic carboxylic acids is 1. The minimum absolute atomic E-state index is 0.125. The van der Waals surface area contributed by atoms with E-state index >= 15 is 0 Å². The minimum Gasteiger partial charge on any atom is -0.481 e. The monoisotopic (exact) mass is 559 g/mol. The zero-order chi connectivity index (χ0) is 29.9. The molecular weight excluding hydrogens is 521 g/mol. The van der Waals surface area contributed by atoms with Gasteiger partial charge in [-0.3, -0.25) is 9.59 Å². The second-order valence-electron chi connectivity index (χ2n) is 13.0. The molecule has 5 rings (SSSR count). The van der Waals surface area contributed by atoms with Crippen molar-refractivity contribution < 1.29 is 19.1 Å². The molecule has 1 N–H and O–H groups in total. The third-order valence-corrected chi connectivity index (χ3v) is 8.52. The maximum atomic E-state index is 14.4. The highest BCUT2D eigenvalue weighted by Gasteiger charge is 2.41. The number of carbonyl (C=O) groups is 2. The van der Waals surface area contributed by atoms with Crippen molar-refractivity contribution in [2.45, 2.75) is 64.8 Å². The van der Waals surface area contributed by atoms with E-state index in [1.165, 1.54) is 0 Å². The molecule has 1 saturated heterocycles. The number of rotatable bonds is 5. The van der Waals surface area contributed by atoms with Crippen molar-refractivity contribution in [3.8, 4) is 0 Å². The highest BCUT2D eigenvalue weighted by Crippen LogP contribution is 2.43. The number of carbonyl (C=O) groups excluding carboxylic acids is 1. The number of hydrogen-bond donors (Lipinski definition) is 1. The van der Waals surface area contributed by atoms with Crippen LogP contribution in [0.5, 0.6) is 0 Å². The van der Waals surface area contributed by atoms with Gasteiger partial charge in [-0.2, -0.15) is 0 Å². The molecule has 4 heterocycles. The second kappa shape index (κ2) is 9.82. The van der Waals surface area contributed by atoms with Gasteiger partial charge in [-0.25, -0.2) is 14.4 Å². The topological polar surface area (TPSA) is 89.9 Å². The second-order valence-corrected chi connectivity index (χ2v) is 13.0. The smallest absolute Gasteiger partial charge is 0.313 e. The van der Waals surface area contributed by atoms with E-state index in [-0.39, 0.29) is 17.1 Å². The van der Waals surface area contributed by atoms with E-state index in [4.69, 9.17) is 4.98 Å². The first kappa shape index (κ1) is 28.5. The van der Waals surface area contributed by atoms with Crippen LogP contribution in [0.4, 0.5) is 21.6 Å². The number of pyridine rings is 2. The van der Waals surface area contributed by atoms with Crippen molar-refractivity contribution in [3.05, 3.63) is 77.0 Å². The number of benzene rings is 1. The van der Waals surface area contributed by atoms with E-state index in [0.717, 1.165) is 22.9 Å². The van der Waals surface area contributed by atoms with E-state index in [1.54, 1.807) is 45.2 Å². The maximum absolute atomic E-state index is 14.4. The Bertz CT molecular complexity index is 1520. The molecule has 3 aromatic rings. The molecule has 0 atom stereocenters. The first-order chi connectivity index (χ1) is 19.1. The molecular formula is C32H38FN5O3. The Morgan fingerprint density at radius 1 is 1.00 bits per heavy atom. The molecule has 1 fully saturated rings. The number of fused-ring (bicyclic) bond motifs is 1. The number of nitrogens with zero attached hydrogens (tertiary/aromatic N) is 5. The number of carboxylic acid groups (broad SMARTS) is 1. The summed E-state index contributed by atoms with van der Waals surface area (Å²) in [6.07, 6.45) is 1.62. The Labute approximate surface area is 240 Å². The van der Waals surface area contributed by atoms with Crippen LogP contribution in [0.1, 0.15) is 68.9 Å². The number of piperazine rings is 1. The molecule has 9 heteroatoms. The molecule has 0 unspecified atom stereocenters. The molecule has 2 aromatic heterocycles. The van der Waals surface area contributed by atoms with Crippen LogP contribution in [-0.4, -0.2) is 63.6 Å². The van der Waals surface area contributed by atoms with Crippen LogP contribution >= 0.6 is 0 Å².